The maximum atomic E-state index is 15.2. The van der Waals surface area contributed by atoms with Crippen LogP contribution in [0.25, 0.3) is 0 Å². The summed E-state index contributed by atoms with van der Waals surface area (Å²) in [5.41, 5.74) is 40.0. The van der Waals surface area contributed by atoms with Gasteiger partial charge in [0.25, 0.3) is 0 Å². The van der Waals surface area contributed by atoms with Gasteiger partial charge in [-0.15, -0.1) is 0 Å². The molecule has 0 bridgehead atoms. The first kappa shape index (κ1) is 67.0. The Morgan fingerprint density at radius 1 is 0.407 bits per heavy atom. The van der Waals surface area contributed by atoms with E-state index in [2.05, 4.69) is 17.2 Å². The van der Waals surface area contributed by atoms with Crippen LogP contribution < -0.4 is 38.9 Å². The topological polar surface area (TPSA) is 282 Å². The van der Waals surface area contributed by atoms with Gasteiger partial charge in [0.15, 0.2) is 0 Å². The highest BCUT2D eigenvalue weighted by Crippen LogP contribution is 2.31. The molecule has 0 fully saturated rings. The standard InChI is InChI=1S/C76H83N7O8/c1-50(84)59(39-51-14-26-64(77)27-15-51)45-71(86)61(41-53-18-30-66(79)31-19-53)47-73(88)63(43-55-22-34-68(81)35-23-55)48-74(89)62(42-54-20-32-67(80)33-21-54)46-72(87)60(40-52-16-28-65(78)29-17-52)44-69(85)12-3-2-8-38-82-75(90)36-37-76(91)83-49-58-11-5-4-9-56(58)24-25-57-10-6-7-13-70(57)83/h4-7,9-11,13-23,26-35,59-63H,2-3,8,12,36-49,77-81H2,1H3,(H,82,90). The highest BCUT2D eigenvalue weighted by Gasteiger charge is 2.35. The van der Waals surface area contributed by atoms with E-state index in [-0.39, 0.29) is 124 Å². The van der Waals surface area contributed by atoms with E-state index in [4.69, 9.17) is 28.7 Å². The molecule has 7 aromatic rings. The summed E-state index contributed by atoms with van der Waals surface area (Å²) in [7, 11) is 0. The number of nitrogen functional groups attached to an aromatic ring is 5. The van der Waals surface area contributed by atoms with Gasteiger partial charge in [-0.3, -0.25) is 38.4 Å². The van der Waals surface area contributed by atoms with Crippen molar-refractivity contribution in [2.24, 2.45) is 29.6 Å². The predicted molar refractivity (Wildman–Crippen MR) is 360 cm³/mol. The van der Waals surface area contributed by atoms with Crippen molar-refractivity contribution >= 4 is 80.6 Å². The molecule has 0 saturated carbocycles. The van der Waals surface area contributed by atoms with Gasteiger partial charge in [-0.05, 0) is 164 Å². The van der Waals surface area contributed by atoms with Gasteiger partial charge < -0.3 is 38.9 Å². The normalized spacial score (nSPS) is 13.3. The van der Waals surface area contributed by atoms with Crippen molar-refractivity contribution in [1.82, 2.24) is 5.32 Å². The number of nitrogens with zero attached hydrogens (tertiary/aromatic N) is 1. The fourth-order valence-electron chi connectivity index (χ4n) is 11.8. The molecule has 11 N–H and O–H groups in total. The third-order valence-electron chi connectivity index (χ3n) is 17.2. The molecular weight excluding hydrogens is 1140 g/mol. The summed E-state index contributed by atoms with van der Waals surface area (Å²) in [6.07, 6.45) is 2.13. The second kappa shape index (κ2) is 33.0. The molecule has 1 aliphatic heterocycles. The van der Waals surface area contributed by atoms with Crippen molar-refractivity contribution in [2.75, 3.05) is 40.1 Å². The average Bonchev–Trinajstić information content (AvgIpc) is 0.932. The maximum Gasteiger partial charge on any atom is 0.227 e. The number of Topliss-reactive ketones (excluding diaryl/α,β-unsaturated/α-hetero) is 6. The molecule has 5 atom stereocenters. The number of benzene rings is 7. The van der Waals surface area contributed by atoms with Crippen molar-refractivity contribution in [1.29, 1.82) is 0 Å². The first-order valence-electron chi connectivity index (χ1n) is 31.4. The maximum absolute atomic E-state index is 15.2. The summed E-state index contributed by atoms with van der Waals surface area (Å²) >= 11 is 0. The van der Waals surface area contributed by atoms with Crippen LogP contribution in [-0.4, -0.2) is 53.1 Å². The van der Waals surface area contributed by atoms with Crippen LogP contribution in [0.15, 0.2) is 170 Å². The van der Waals surface area contributed by atoms with Gasteiger partial charge in [0, 0.05) is 127 Å². The SMILES string of the molecule is CC(=O)C(CC(=O)C(CC(=O)C(CC(=O)C(CC(=O)C(CC(=O)CCCCCNC(=O)CCC(=O)N1Cc2ccccc2C#Cc2ccccc21)Cc1ccc(N)cc1)Cc1ccc(N)cc1)Cc1ccc(N)cc1)Cc1ccc(N)cc1)Cc1ccc(N)cc1. The van der Waals surface area contributed by atoms with Crippen LogP contribution in [0.3, 0.4) is 0 Å². The minimum absolute atomic E-state index is 0.00801. The second-order valence-corrected chi connectivity index (χ2v) is 24.3. The highest BCUT2D eigenvalue weighted by molar-refractivity contribution is 5.98. The number of para-hydroxylation sites is 1. The van der Waals surface area contributed by atoms with Gasteiger partial charge in [0.2, 0.25) is 11.8 Å². The number of fused-ring (bicyclic) bond motifs is 2. The number of rotatable bonds is 34. The highest BCUT2D eigenvalue weighted by atomic mass is 16.2. The molecular formula is C76H83N7O8. The van der Waals surface area contributed by atoms with Crippen molar-refractivity contribution in [3.8, 4) is 11.8 Å². The lowest BCUT2D eigenvalue weighted by molar-refractivity contribution is -0.135. The monoisotopic (exact) mass is 1220 g/mol. The number of nitrogens with two attached hydrogens (primary N) is 5. The first-order valence-corrected chi connectivity index (χ1v) is 31.4. The Hall–Kier alpha value is -9.94. The number of unbranched alkanes of at least 4 members (excludes halogenated alkanes) is 2. The Morgan fingerprint density at radius 3 is 1.20 bits per heavy atom. The molecule has 15 nitrogen and oxygen atoms in total. The summed E-state index contributed by atoms with van der Waals surface area (Å²) in [5, 5.41) is 2.93. The molecule has 0 aliphatic carbocycles. The molecule has 7 aromatic carbocycles. The molecule has 0 spiro atoms. The molecule has 0 saturated heterocycles. The molecule has 470 valence electrons. The molecule has 5 unspecified atom stereocenters. The number of nitrogens with one attached hydrogen (secondary N) is 1. The van der Waals surface area contributed by atoms with E-state index in [0.29, 0.717) is 72.9 Å². The molecule has 8 rings (SSSR count). The molecule has 1 heterocycles. The number of anilines is 6. The molecule has 0 aromatic heterocycles. The predicted octanol–water partition coefficient (Wildman–Crippen LogP) is 11.0. The number of carbonyl (C=O) groups excluding carboxylic acids is 8. The van der Waals surface area contributed by atoms with E-state index in [1.807, 2.05) is 84.9 Å². The van der Waals surface area contributed by atoms with E-state index in [0.717, 1.165) is 44.5 Å². The van der Waals surface area contributed by atoms with Gasteiger partial charge in [-0.2, -0.15) is 0 Å². The zero-order chi connectivity index (χ0) is 64.8. The van der Waals surface area contributed by atoms with E-state index in [9.17, 15) is 28.8 Å². The summed E-state index contributed by atoms with van der Waals surface area (Å²) in [4.78, 5) is 115. The number of hydrogen-bond donors (Lipinski definition) is 6. The summed E-state index contributed by atoms with van der Waals surface area (Å²) < 4.78 is 0. The minimum Gasteiger partial charge on any atom is -0.399 e. The zero-order valence-electron chi connectivity index (χ0n) is 51.9. The Bertz CT molecular complexity index is 3740. The molecule has 15 heteroatoms. The molecule has 91 heavy (non-hydrogen) atoms. The quantitative estimate of drug-likeness (QED) is 0.0124. The van der Waals surface area contributed by atoms with E-state index in [1.54, 1.807) is 89.8 Å². The van der Waals surface area contributed by atoms with Crippen molar-refractivity contribution in [3.05, 3.63) is 214 Å². The van der Waals surface area contributed by atoms with Gasteiger partial charge in [0.1, 0.15) is 34.7 Å². The van der Waals surface area contributed by atoms with Crippen LogP contribution in [0.4, 0.5) is 34.1 Å². The lowest BCUT2D eigenvalue weighted by atomic mass is 9.77. The fourth-order valence-corrected chi connectivity index (χ4v) is 11.8. The number of ketones is 6. The zero-order valence-corrected chi connectivity index (χ0v) is 51.9. The smallest absolute Gasteiger partial charge is 0.227 e. The van der Waals surface area contributed by atoms with Crippen LogP contribution >= 0.6 is 0 Å². The van der Waals surface area contributed by atoms with Gasteiger partial charge in [-0.25, -0.2) is 0 Å². The third-order valence-corrected chi connectivity index (χ3v) is 17.2. The van der Waals surface area contributed by atoms with Crippen LogP contribution in [0.5, 0.6) is 0 Å². The second-order valence-electron chi connectivity index (χ2n) is 24.3. The first-order chi connectivity index (χ1) is 43.8. The van der Waals surface area contributed by atoms with Crippen molar-refractivity contribution in [2.45, 2.75) is 116 Å². The van der Waals surface area contributed by atoms with E-state index < -0.39 is 29.6 Å². The van der Waals surface area contributed by atoms with E-state index >= 15 is 9.59 Å². The van der Waals surface area contributed by atoms with Crippen molar-refractivity contribution in [3.63, 3.8) is 0 Å². The van der Waals surface area contributed by atoms with Gasteiger partial charge in [0.05, 0.1) is 12.2 Å². The summed E-state index contributed by atoms with van der Waals surface area (Å²) in [5.74, 6) is 0.413. The Morgan fingerprint density at radius 2 is 0.769 bits per heavy atom. The summed E-state index contributed by atoms with van der Waals surface area (Å²) in [6.45, 7) is 2.16. The number of amides is 2. The molecule has 2 amide bonds. The van der Waals surface area contributed by atoms with Crippen LogP contribution in [-0.2, 0) is 77.0 Å². The number of carbonyl (C=O) groups is 8. The lowest BCUT2D eigenvalue weighted by Gasteiger charge is -2.26. The summed E-state index contributed by atoms with van der Waals surface area (Å²) in [6, 6.07) is 50.7. The number of hydrogen-bond acceptors (Lipinski definition) is 13. The Labute approximate surface area is 533 Å². The van der Waals surface area contributed by atoms with Crippen LogP contribution in [0.2, 0.25) is 0 Å². The third kappa shape index (κ3) is 20.8. The molecule has 0 radical (unpaired) electrons. The molecule has 1 aliphatic rings. The largest absolute Gasteiger partial charge is 0.399 e. The Kier molecular flexibility index (Phi) is 24.3. The lowest BCUT2D eigenvalue weighted by Crippen LogP contribution is -2.33. The van der Waals surface area contributed by atoms with Crippen molar-refractivity contribution < 1.29 is 38.4 Å². The minimum atomic E-state index is -0.919. The average molecular weight is 1220 g/mol. The van der Waals surface area contributed by atoms with Crippen LogP contribution in [0.1, 0.15) is 122 Å². The van der Waals surface area contributed by atoms with Gasteiger partial charge >= 0.3 is 0 Å². The van der Waals surface area contributed by atoms with E-state index in [1.165, 1.54) is 6.92 Å². The van der Waals surface area contributed by atoms with Gasteiger partial charge in [-0.1, -0.05) is 109 Å². The van der Waals surface area contributed by atoms with Crippen LogP contribution in [0, 0.1) is 41.4 Å². The Balaban J connectivity index is 0.930. The fraction of sp³-hybridized carbons (Fsp3) is 0.316.